The molecule has 12 heavy (non-hydrogen) atoms. The van der Waals surface area contributed by atoms with Gasteiger partial charge in [0.05, 0.1) is 6.04 Å². The smallest absolute Gasteiger partial charge is 0.243 e. The number of carbonyl (C=O) groups is 1. The molecular formula is C9H11NOS. The molecule has 0 bridgehead atoms. The molecule has 1 aromatic rings. The van der Waals surface area contributed by atoms with Crippen molar-refractivity contribution in [3.05, 3.63) is 35.0 Å². The Morgan fingerprint density at radius 3 is 3.08 bits per heavy atom. The van der Waals surface area contributed by atoms with Gasteiger partial charge in [0, 0.05) is 0 Å². The molecule has 0 aliphatic heterocycles. The van der Waals surface area contributed by atoms with Crippen LogP contribution in [0.2, 0.25) is 0 Å². The van der Waals surface area contributed by atoms with Gasteiger partial charge in [0.2, 0.25) is 5.91 Å². The van der Waals surface area contributed by atoms with Crippen molar-refractivity contribution in [3.63, 3.8) is 0 Å². The minimum absolute atomic E-state index is 0.0711. The molecular weight excluding hydrogens is 170 g/mol. The Balaban J connectivity index is 2.55. The third kappa shape index (κ3) is 2.20. The molecule has 0 saturated heterocycles. The molecule has 0 unspecified atom stereocenters. The number of nitrogens with one attached hydrogen (secondary N) is 1. The Kier molecular flexibility index (Phi) is 3.05. The zero-order chi connectivity index (χ0) is 8.97. The molecule has 0 radical (unpaired) electrons. The first kappa shape index (κ1) is 9.00. The van der Waals surface area contributed by atoms with Crippen LogP contribution in [0.25, 0.3) is 0 Å². The number of hydrogen-bond donors (Lipinski definition) is 1. The highest BCUT2D eigenvalue weighted by Gasteiger charge is 2.06. The van der Waals surface area contributed by atoms with Gasteiger partial charge < -0.3 is 5.32 Å². The molecule has 64 valence electrons. The van der Waals surface area contributed by atoms with Crippen LogP contribution in [0.1, 0.15) is 18.5 Å². The first-order valence-electron chi connectivity index (χ1n) is 3.69. The summed E-state index contributed by atoms with van der Waals surface area (Å²) in [6.45, 7) is 5.33. The quantitative estimate of drug-likeness (QED) is 0.711. The standard InChI is InChI=1S/C9H11NOS/c1-3-9(11)10-7(2)8-4-5-12-6-8/h3-7H,1H2,2H3,(H,10,11)/t7-/m1/s1. The third-order valence-electron chi connectivity index (χ3n) is 1.59. The van der Waals surface area contributed by atoms with E-state index in [2.05, 4.69) is 11.9 Å². The summed E-state index contributed by atoms with van der Waals surface area (Å²) in [5.74, 6) is -0.131. The number of amides is 1. The summed E-state index contributed by atoms with van der Waals surface area (Å²) in [7, 11) is 0. The minimum Gasteiger partial charge on any atom is -0.346 e. The second-order valence-electron chi connectivity index (χ2n) is 2.49. The van der Waals surface area contributed by atoms with E-state index >= 15 is 0 Å². The zero-order valence-corrected chi connectivity index (χ0v) is 7.73. The third-order valence-corrected chi connectivity index (χ3v) is 2.29. The lowest BCUT2D eigenvalue weighted by Crippen LogP contribution is -2.23. The molecule has 1 aromatic heterocycles. The Morgan fingerprint density at radius 1 is 1.83 bits per heavy atom. The summed E-state index contributed by atoms with van der Waals surface area (Å²) in [5, 5.41) is 6.80. The van der Waals surface area contributed by atoms with Crippen molar-refractivity contribution >= 4 is 17.2 Å². The van der Waals surface area contributed by atoms with Crippen LogP contribution in [-0.2, 0) is 4.79 Å². The Labute approximate surface area is 75.9 Å². The van der Waals surface area contributed by atoms with E-state index < -0.39 is 0 Å². The maximum Gasteiger partial charge on any atom is 0.243 e. The van der Waals surface area contributed by atoms with Crippen molar-refractivity contribution in [1.82, 2.24) is 5.32 Å². The van der Waals surface area contributed by atoms with Gasteiger partial charge in [-0.15, -0.1) is 0 Å². The van der Waals surface area contributed by atoms with Crippen LogP contribution >= 0.6 is 11.3 Å². The highest BCUT2D eigenvalue weighted by atomic mass is 32.1. The van der Waals surface area contributed by atoms with Gasteiger partial charge >= 0.3 is 0 Å². The van der Waals surface area contributed by atoms with Crippen LogP contribution in [0.4, 0.5) is 0 Å². The van der Waals surface area contributed by atoms with Crippen molar-refractivity contribution in [3.8, 4) is 0 Å². The van der Waals surface area contributed by atoms with E-state index in [4.69, 9.17) is 0 Å². The summed E-state index contributed by atoms with van der Waals surface area (Å²) in [6, 6.07) is 2.07. The summed E-state index contributed by atoms with van der Waals surface area (Å²) < 4.78 is 0. The predicted molar refractivity (Wildman–Crippen MR) is 51.1 cm³/mol. The Bertz CT molecular complexity index is 266. The van der Waals surface area contributed by atoms with E-state index in [9.17, 15) is 4.79 Å². The first-order chi connectivity index (χ1) is 5.74. The van der Waals surface area contributed by atoms with Gasteiger partial charge in [-0.25, -0.2) is 0 Å². The zero-order valence-electron chi connectivity index (χ0n) is 6.91. The van der Waals surface area contributed by atoms with E-state index in [-0.39, 0.29) is 11.9 Å². The fraction of sp³-hybridized carbons (Fsp3) is 0.222. The maximum atomic E-state index is 10.9. The summed E-state index contributed by atoms with van der Waals surface area (Å²) in [6.07, 6.45) is 1.28. The van der Waals surface area contributed by atoms with Crippen LogP contribution in [0.5, 0.6) is 0 Å². The highest BCUT2D eigenvalue weighted by molar-refractivity contribution is 7.07. The van der Waals surface area contributed by atoms with Crippen molar-refractivity contribution in [2.75, 3.05) is 0 Å². The second kappa shape index (κ2) is 4.07. The largest absolute Gasteiger partial charge is 0.346 e. The Hall–Kier alpha value is -1.09. The molecule has 0 aliphatic rings. The fourth-order valence-electron chi connectivity index (χ4n) is 0.877. The molecule has 3 heteroatoms. The highest BCUT2D eigenvalue weighted by Crippen LogP contribution is 2.14. The normalized spacial score (nSPS) is 12.1. The van der Waals surface area contributed by atoms with Crippen LogP contribution < -0.4 is 5.32 Å². The molecule has 0 aliphatic carbocycles. The van der Waals surface area contributed by atoms with Gasteiger partial charge in [0.15, 0.2) is 0 Å². The summed E-state index contributed by atoms with van der Waals surface area (Å²) in [4.78, 5) is 10.9. The lowest BCUT2D eigenvalue weighted by molar-refractivity contribution is -0.117. The molecule has 0 aromatic carbocycles. The van der Waals surface area contributed by atoms with Gasteiger partial charge in [-0.3, -0.25) is 4.79 Å². The van der Waals surface area contributed by atoms with Crippen LogP contribution in [0.15, 0.2) is 29.5 Å². The average molecular weight is 181 g/mol. The molecule has 1 heterocycles. The van der Waals surface area contributed by atoms with Crippen molar-refractivity contribution in [2.45, 2.75) is 13.0 Å². The maximum absolute atomic E-state index is 10.9. The SMILES string of the molecule is C=CC(=O)N[C@H](C)c1ccsc1. The van der Waals surface area contributed by atoms with E-state index in [0.29, 0.717) is 0 Å². The number of carbonyl (C=O) groups excluding carboxylic acids is 1. The van der Waals surface area contributed by atoms with Crippen LogP contribution in [0, 0.1) is 0 Å². The number of thiophene rings is 1. The molecule has 0 fully saturated rings. The molecule has 1 atom stereocenters. The lowest BCUT2D eigenvalue weighted by atomic mass is 10.2. The summed E-state index contributed by atoms with van der Waals surface area (Å²) in [5.41, 5.74) is 1.13. The minimum atomic E-state index is -0.131. The van der Waals surface area contributed by atoms with Crippen molar-refractivity contribution in [2.24, 2.45) is 0 Å². The molecule has 1 N–H and O–H groups in total. The van der Waals surface area contributed by atoms with Crippen molar-refractivity contribution in [1.29, 1.82) is 0 Å². The van der Waals surface area contributed by atoms with Gasteiger partial charge in [-0.2, -0.15) is 11.3 Å². The number of hydrogen-bond acceptors (Lipinski definition) is 2. The topological polar surface area (TPSA) is 29.1 Å². The predicted octanol–water partition coefficient (Wildman–Crippen LogP) is 2.11. The van der Waals surface area contributed by atoms with Crippen LogP contribution in [-0.4, -0.2) is 5.91 Å². The monoisotopic (exact) mass is 181 g/mol. The van der Waals surface area contributed by atoms with Crippen molar-refractivity contribution < 1.29 is 4.79 Å². The summed E-state index contributed by atoms with van der Waals surface area (Å²) >= 11 is 1.63. The van der Waals surface area contributed by atoms with E-state index in [1.807, 2.05) is 23.8 Å². The molecule has 0 spiro atoms. The molecule has 2 nitrogen and oxygen atoms in total. The van der Waals surface area contributed by atoms with E-state index in [0.717, 1.165) is 5.56 Å². The van der Waals surface area contributed by atoms with Gasteiger partial charge in [0.25, 0.3) is 0 Å². The van der Waals surface area contributed by atoms with Gasteiger partial charge in [-0.1, -0.05) is 6.58 Å². The van der Waals surface area contributed by atoms with Gasteiger partial charge in [0.1, 0.15) is 0 Å². The van der Waals surface area contributed by atoms with Crippen LogP contribution in [0.3, 0.4) is 0 Å². The average Bonchev–Trinajstić information content (AvgIpc) is 2.56. The molecule has 1 amide bonds. The second-order valence-corrected chi connectivity index (χ2v) is 3.27. The molecule has 1 rings (SSSR count). The number of rotatable bonds is 3. The van der Waals surface area contributed by atoms with Gasteiger partial charge in [-0.05, 0) is 35.4 Å². The first-order valence-corrected chi connectivity index (χ1v) is 4.63. The van der Waals surface area contributed by atoms with E-state index in [1.165, 1.54) is 6.08 Å². The fourth-order valence-corrected chi connectivity index (χ4v) is 1.63. The lowest BCUT2D eigenvalue weighted by Gasteiger charge is -2.09. The molecule has 0 saturated carbocycles. The van der Waals surface area contributed by atoms with E-state index in [1.54, 1.807) is 11.3 Å². The Morgan fingerprint density at radius 2 is 2.58 bits per heavy atom.